The normalized spacial score (nSPS) is 21.9. The minimum atomic E-state index is -0.760. The first kappa shape index (κ1) is 38.5. The van der Waals surface area contributed by atoms with Gasteiger partial charge < -0.3 is 25.0 Å². The number of rotatable bonds is 12. The van der Waals surface area contributed by atoms with Crippen LogP contribution in [0, 0.1) is 22.2 Å². The Hall–Kier alpha value is -5.26. The van der Waals surface area contributed by atoms with E-state index >= 15 is 0 Å². The van der Waals surface area contributed by atoms with Gasteiger partial charge in [0.25, 0.3) is 11.8 Å². The van der Waals surface area contributed by atoms with E-state index in [2.05, 4.69) is 69.5 Å². The fourth-order valence-corrected chi connectivity index (χ4v) is 8.07. The average molecular weight is 757 g/mol. The number of nitriles is 1. The predicted octanol–water partition coefficient (Wildman–Crippen LogP) is 3.74. The van der Waals surface area contributed by atoms with Gasteiger partial charge in [-0.2, -0.15) is 5.26 Å². The number of carbonyl (C=O) groups excluding carboxylic acids is 4. The fraction of sp³-hybridized carbons (Fsp3) is 0.462. The molecule has 15 heteroatoms. The lowest BCUT2D eigenvalue weighted by Crippen LogP contribution is -2.74. The number of imide groups is 1. The number of hydrogen-bond donors (Lipinski definition) is 3. The van der Waals surface area contributed by atoms with Crippen LogP contribution in [0.2, 0.25) is 5.02 Å². The maximum absolute atomic E-state index is 13.4. The number of piperazine rings is 1. The van der Waals surface area contributed by atoms with Gasteiger partial charge in [-0.3, -0.25) is 29.4 Å². The zero-order valence-electron chi connectivity index (χ0n) is 30.9. The number of amides is 4. The Morgan fingerprint density at radius 1 is 0.963 bits per heavy atom. The van der Waals surface area contributed by atoms with Gasteiger partial charge in [0.2, 0.25) is 11.8 Å². The fourth-order valence-electron chi connectivity index (χ4n) is 7.86. The molecule has 0 spiro atoms. The molecule has 3 N–H and O–H groups in total. The molecule has 2 aliphatic heterocycles. The van der Waals surface area contributed by atoms with Gasteiger partial charge in [-0.1, -0.05) is 39.3 Å². The summed E-state index contributed by atoms with van der Waals surface area (Å²) >= 11 is 6.23. The first-order valence-electron chi connectivity index (χ1n) is 18.1. The first-order chi connectivity index (χ1) is 25.8. The number of aromatic nitrogens is 2. The van der Waals surface area contributed by atoms with Crippen LogP contribution in [0.15, 0.2) is 54.9 Å². The molecule has 2 saturated heterocycles. The summed E-state index contributed by atoms with van der Waals surface area (Å²) in [5.41, 5.74) is 0.301. The summed E-state index contributed by atoms with van der Waals surface area (Å²) in [5, 5.41) is 17.6. The van der Waals surface area contributed by atoms with E-state index in [1.54, 1.807) is 36.5 Å². The Labute approximate surface area is 319 Å². The predicted molar refractivity (Wildman–Crippen MR) is 200 cm³/mol. The number of ether oxygens (including phenoxy) is 2. The molecule has 6 rings (SSSR count). The number of nitrogens with zero attached hydrogens (tertiary/aromatic N) is 5. The zero-order chi connectivity index (χ0) is 38.6. The van der Waals surface area contributed by atoms with E-state index in [1.165, 1.54) is 6.20 Å². The molecule has 14 nitrogen and oxygen atoms in total. The van der Waals surface area contributed by atoms with Crippen LogP contribution in [0.3, 0.4) is 0 Å². The summed E-state index contributed by atoms with van der Waals surface area (Å²) in [5.74, 6) is 0.432. The number of benzene rings is 1. The van der Waals surface area contributed by atoms with Crippen molar-refractivity contribution in [1.29, 1.82) is 5.26 Å². The molecular formula is C39H45ClN8O6. The van der Waals surface area contributed by atoms with Gasteiger partial charge in [-0.05, 0) is 49.2 Å². The second kappa shape index (κ2) is 16.0. The minimum Gasteiger partial charge on any atom is -0.492 e. The van der Waals surface area contributed by atoms with Gasteiger partial charge in [0.05, 0.1) is 29.0 Å². The number of anilines is 1. The summed E-state index contributed by atoms with van der Waals surface area (Å²) in [6.45, 7) is 13.0. The Morgan fingerprint density at radius 2 is 1.70 bits per heavy atom. The van der Waals surface area contributed by atoms with Crippen LogP contribution in [-0.2, 0) is 9.59 Å². The van der Waals surface area contributed by atoms with Crippen LogP contribution in [0.5, 0.6) is 11.5 Å². The van der Waals surface area contributed by atoms with Crippen molar-refractivity contribution in [2.75, 3.05) is 44.2 Å². The highest BCUT2D eigenvalue weighted by atomic mass is 35.5. The van der Waals surface area contributed by atoms with Crippen LogP contribution >= 0.6 is 11.6 Å². The summed E-state index contributed by atoms with van der Waals surface area (Å²) < 4.78 is 12.2. The van der Waals surface area contributed by atoms with Crippen LogP contribution in [0.4, 0.5) is 5.82 Å². The second-order valence-electron chi connectivity index (χ2n) is 15.1. The number of halogens is 1. The monoisotopic (exact) mass is 756 g/mol. The highest BCUT2D eigenvalue weighted by molar-refractivity contribution is 6.31. The average Bonchev–Trinajstić information content (AvgIpc) is 3.16. The quantitative estimate of drug-likeness (QED) is 0.181. The molecule has 0 radical (unpaired) electrons. The lowest BCUT2D eigenvalue weighted by Gasteiger charge is -2.63. The maximum atomic E-state index is 13.4. The topological polar surface area (TPSA) is 179 Å². The lowest BCUT2D eigenvalue weighted by atomic mass is 9.49. The largest absolute Gasteiger partial charge is 0.492 e. The van der Waals surface area contributed by atoms with E-state index in [-0.39, 0.29) is 53.3 Å². The second-order valence-corrected chi connectivity index (χ2v) is 15.5. The molecule has 1 atom stereocenters. The van der Waals surface area contributed by atoms with Gasteiger partial charge in [0, 0.05) is 68.3 Å². The highest BCUT2D eigenvalue weighted by Gasteiger charge is 2.64. The molecule has 4 heterocycles. The van der Waals surface area contributed by atoms with Crippen molar-refractivity contribution < 1.29 is 28.7 Å². The molecule has 3 aliphatic rings. The van der Waals surface area contributed by atoms with E-state index in [9.17, 15) is 24.4 Å². The van der Waals surface area contributed by atoms with Gasteiger partial charge in [-0.25, -0.2) is 9.97 Å². The van der Waals surface area contributed by atoms with E-state index < -0.39 is 17.9 Å². The first-order valence-corrected chi connectivity index (χ1v) is 18.5. The maximum Gasteiger partial charge on any atom is 0.270 e. The Morgan fingerprint density at radius 3 is 2.33 bits per heavy atom. The van der Waals surface area contributed by atoms with Crippen molar-refractivity contribution in [3.8, 4) is 17.6 Å². The van der Waals surface area contributed by atoms with E-state index in [0.29, 0.717) is 34.3 Å². The van der Waals surface area contributed by atoms with Crippen molar-refractivity contribution in [3.05, 3.63) is 76.7 Å². The van der Waals surface area contributed by atoms with E-state index in [1.807, 2.05) is 12.1 Å². The molecule has 54 heavy (non-hydrogen) atoms. The van der Waals surface area contributed by atoms with Gasteiger partial charge in [0.1, 0.15) is 41.2 Å². The molecule has 3 aromatic rings. The molecule has 1 aromatic carbocycles. The molecule has 2 aromatic heterocycles. The lowest BCUT2D eigenvalue weighted by molar-refractivity contribution is -0.164. The zero-order valence-corrected chi connectivity index (χ0v) is 31.6. The standard InChI is InChI=1S/C39H45ClN8O6/c1-38(2)36(39(3,4)37(38)54-26-8-6-24(21-41)28(40)20-26)46-33(50)25-7-12-31(43-22-25)48-17-15-47(16-18-48)14-5-19-53-27-9-10-29(42-23-27)34(51)44-30-11-13-32(49)45-35(30)52/h6-10,12,20,22-23,30,36-37H,5,11,13-19H2,1-4H3,(H,44,51)(H,46,50)(H,45,49,52)/t30?,36-,37-. The van der Waals surface area contributed by atoms with Crippen LogP contribution in [-0.4, -0.2) is 96.0 Å². The number of hydrogen-bond acceptors (Lipinski definition) is 11. The smallest absolute Gasteiger partial charge is 0.270 e. The van der Waals surface area contributed by atoms with Crippen molar-refractivity contribution >= 4 is 41.0 Å². The minimum absolute atomic E-state index is 0.154. The third-order valence-corrected chi connectivity index (χ3v) is 10.8. The number of carbonyl (C=O) groups is 4. The van der Waals surface area contributed by atoms with E-state index in [0.717, 1.165) is 45.0 Å². The van der Waals surface area contributed by atoms with Crippen molar-refractivity contribution in [2.24, 2.45) is 10.8 Å². The van der Waals surface area contributed by atoms with E-state index in [4.69, 9.17) is 21.1 Å². The molecule has 1 saturated carbocycles. The van der Waals surface area contributed by atoms with Gasteiger partial charge >= 0.3 is 0 Å². The van der Waals surface area contributed by atoms with Crippen LogP contribution in [0.25, 0.3) is 0 Å². The van der Waals surface area contributed by atoms with Gasteiger partial charge in [-0.15, -0.1) is 0 Å². The molecule has 284 valence electrons. The van der Waals surface area contributed by atoms with Crippen molar-refractivity contribution in [2.45, 2.75) is 65.1 Å². The molecule has 0 bridgehead atoms. The molecule has 1 unspecified atom stereocenters. The third kappa shape index (κ3) is 8.42. The molecule has 3 fully saturated rings. The third-order valence-electron chi connectivity index (χ3n) is 10.5. The molecular weight excluding hydrogens is 712 g/mol. The summed E-state index contributed by atoms with van der Waals surface area (Å²) in [6.07, 6.45) is 4.17. The molecule has 4 amide bonds. The van der Waals surface area contributed by atoms with Crippen molar-refractivity contribution in [1.82, 2.24) is 30.8 Å². The van der Waals surface area contributed by atoms with Crippen LogP contribution < -0.4 is 30.3 Å². The Bertz CT molecular complexity index is 1910. The molecule has 1 aliphatic carbocycles. The summed E-state index contributed by atoms with van der Waals surface area (Å²) in [7, 11) is 0. The Balaban J connectivity index is 0.903. The summed E-state index contributed by atoms with van der Waals surface area (Å²) in [6, 6.07) is 13.1. The number of piperidine rings is 1. The highest BCUT2D eigenvalue weighted by Crippen LogP contribution is 2.55. The number of pyridine rings is 2. The Kier molecular flexibility index (Phi) is 11.4. The summed E-state index contributed by atoms with van der Waals surface area (Å²) in [4.78, 5) is 62.5. The van der Waals surface area contributed by atoms with Crippen molar-refractivity contribution in [3.63, 3.8) is 0 Å². The van der Waals surface area contributed by atoms with Crippen LogP contribution in [0.1, 0.15) is 73.4 Å². The SMILES string of the molecule is CC1(C)[C@H](NC(=O)c2ccc(N3CCN(CCCOc4ccc(C(=O)NC5CCC(=O)NC5=O)nc4)CC3)nc2)C(C)(C)[C@H]1Oc1ccc(C#N)c(Cl)c1. The number of nitrogens with one attached hydrogen (secondary N) is 3. The van der Waals surface area contributed by atoms with Gasteiger partial charge in [0.15, 0.2) is 0 Å².